The second-order valence-electron chi connectivity index (χ2n) is 5.44. The number of anilines is 1. The maximum absolute atomic E-state index is 12.9. The zero-order chi connectivity index (χ0) is 13.9. The predicted octanol–water partition coefficient (Wildman–Crippen LogP) is 2.67. The number of rotatable bonds is 2. The fourth-order valence-corrected chi connectivity index (χ4v) is 3.07. The van der Waals surface area contributed by atoms with Crippen LogP contribution in [0.3, 0.4) is 0 Å². The molecular weight excluding hydrogens is 251 g/mol. The van der Waals surface area contributed by atoms with Crippen molar-refractivity contribution in [2.45, 2.75) is 18.9 Å². The van der Waals surface area contributed by atoms with E-state index >= 15 is 0 Å². The Morgan fingerprint density at radius 1 is 1.10 bits per heavy atom. The minimum atomic E-state index is -0.176. The molecule has 20 heavy (non-hydrogen) atoms. The van der Waals surface area contributed by atoms with E-state index in [0.717, 1.165) is 50.3 Å². The van der Waals surface area contributed by atoms with Gasteiger partial charge >= 0.3 is 0 Å². The molecule has 1 fully saturated rings. The molecule has 0 spiro atoms. The van der Waals surface area contributed by atoms with Crippen molar-refractivity contribution >= 4 is 5.69 Å². The van der Waals surface area contributed by atoms with Gasteiger partial charge in [0.2, 0.25) is 0 Å². The minimum Gasteiger partial charge on any atom is -0.369 e. The molecule has 1 aliphatic carbocycles. The topological polar surface area (TPSA) is 6.48 Å². The normalized spacial score (nSPS) is 23.5. The fourth-order valence-electron chi connectivity index (χ4n) is 3.07. The molecule has 0 amide bonds. The molecule has 0 saturated carbocycles. The number of benzene rings is 1. The third kappa shape index (κ3) is 2.71. The quantitative estimate of drug-likeness (QED) is 0.762. The van der Waals surface area contributed by atoms with Gasteiger partial charge in [0.05, 0.1) is 0 Å². The van der Waals surface area contributed by atoms with Crippen LogP contribution in [0.25, 0.3) is 0 Å². The van der Waals surface area contributed by atoms with E-state index in [-0.39, 0.29) is 5.82 Å². The minimum absolute atomic E-state index is 0.176. The van der Waals surface area contributed by atoms with Crippen LogP contribution in [0.4, 0.5) is 10.1 Å². The molecule has 2 nitrogen and oxygen atoms in total. The highest BCUT2D eigenvalue weighted by atomic mass is 19.1. The summed E-state index contributed by atoms with van der Waals surface area (Å²) in [6.45, 7) is 4.05. The Morgan fingerprint density at radius 3 is 2.40 bits per heavy atom. The Labute approximate surface area is 119 Å². The Kier molecular flexibility index (Phi) is 3.75. The van der Waals surface area contributed by atoms with E-state index in [9.17, 15) is 4.39 Å². The number of hydrogen-bond acceptors (Lipinski definition) is 2. The van der Waals surface area contributed by atoms with Crippen LogP contribution in [0, 0.1) is 18.2 Å². The summed E-state index contributed by atoms with van der Waals surface area (Å²) in [4.78, 5) is 4.82. The first-order valence-corrected chi connectivity index (χ1v) is 7.18. The van der Waals surface area contributed by atoms with Gasteiger partial charge in [0.25, 0.3) is 0 Å². The van der Waals surface area contributed by atoms with Gasteiger partial charge in [-0.25, -0.2) is 4.39 Å². The lowest BCUT2D eigenvalue weighted by atomic mass is 10.1. The first-order valence-electron chi connectivity index (χ1n) is 7.18. The summed E-state index contributed by atoms with van der Waals surface area (Å²) in [7, 11) is 0. The van der Waals surface area contributed by atoms with Gasteiger partial charge in [0, 0.05) is 37.9 Å². The molecule has 1 aromatic carbocycles. The molecule has 104 valence electrons. The molecule has 1 heterocycles. The van der Waals surface area contributed by atoms with E-state index in [1.807, 2.05) is 12.1 Å². The van der Waals surface area contributed by atoms with Gasteiger partial charge in [-0.05, 0) is 42.7 Å². The van der Waals surface area contributed by atoms with Crippen molar-refractivity contribution in [1.82, 2.24) is 4.90 Å². The first kappa shape index (κ1) is 13.2. The lowest BCUT2D eigenvalue weighted by Crippen LogP contribution is -2.49. The number of halogens is 1. The number of allylic oxidation sites excluding steroid dienone is 1. The molecule has 0 N–H and O–H groups in total. The van der Waals surface area contributed by atoms with Crippen LogP contribution in [0.15, 0.2) is 35.9 Å². The van der Waals surface area contributed by atoms with Crippen LogP contribution in [-0.2, 0) is 0 Å². The van der Waals surface area contributed by atoms with Crippen LogP contribution >= 0.6 is 0 Å². The van der Waals surface area contributed by atoms with Crippen molar-refractivity contribution in [1.29, 1.82) is 0 Å². The molecule has 0 bridgehead atoms. The van der Waals surface area contributed by atoms with Crippen molar-refractivity contribution < 1.29 is 4.39 Å². The highest BCUT2D eigenvalue weighted by molar-refractivity contribution is 5.46. The zero-order valence-electron chi connectivity index (χ0n) is 11.6. The smallest absolute Gasteiger partial charge is 0.123 e. The second kappa shape index (κ2) is 5.68. The average Bonchev–Trinajstić information content (AvgIpc) is 2.97. The molecule has 0 aromatic heterocycles. The van der Waals surface area contributed by atoms with Gasteiger partial charge < -0.3 is 4.90 Å². The number of terminal acetylenes is 1. The van der Waals surface area contributed by atoms with Crippen molar-refractivity contribution in [3.63, 3.8) is 0 Å². The third-order valence-electron chi connectivity index (χ3n) is 4.26. The van der Waals surface area contributed by atoms with E-state index in [0.29, 0.717) is 6.04 Å². The summed E-state index contributed by atoms with van der Waals surface area (Å²) in [6.07, 6.45) is 9.89. The van der Waals surface area contributed by atoms with E-state index in [1.165, 1.54) is 12.1 Å². The first-order chi connectivity index (χ1) is 9.76. The SMILES string of the molecule is C#CC1=CC(N2CCN(c3ccc(F)cc3)CC2)CC1. The molecule has 1 atom stereocenters. The van der Waals surface area contributed by atoms with Crippen LogP contribution in [-0.4, -0.2) is 37.1 Å². The molecule has 1 aromatic rings. The highest BCUT2D eigenvalue weighted by Crippen LogP contribution is 2.24. The zero-order valence-corrected chi connectivity index (χ0v) is 11.6. The number of piperazine rings is 1. The summed E-state index contributed by atoms with van der Waals surface area (Å²) < 4.78 is 12.9. The van der Waals surface area contributed by atoms with Crippen molar-refractivity contribution in [2.75, 3.05) is 31.1 Å². The Balaban J connectivity index is 1.59. The molecule has 0 radical (unpaired) electrons. The molecule has 1 unspecified atom stereocenters. The Bertz CT molecular complexity index is 533. The lowest BCUT2D eigenvalue weighted by molar-refractivity contribution is 0.214. The molecule has 1 aliphatic heterocycles. The Morgan fingerprint density at radius 2 is 1.80 bits per heavy atom. The Hall–Kier alpha value is -1.79. The summed E-state index contributed by atoms with van der Waals surface area (Å²) in [5, 5.41) is 0. The van der Waals surface area contributed by atoms with Gasteiger partial charge in [-0.1, -0.05) is 12.0 Å². The third-order valence-corrected chi connectivity index (χ3v) is 4.26. The van der Waals surface area contributed by atoms with Gasteiger partial charge in [-0.3, -0.25) is 4.90 Å². The maximum atomic E-state index is 12.9. The second-order valence-corrected chi connectivity index (χ2v) is 5.44. The molecule has 1 saturated heterocycles. The lowest BCUT2D eigenvalue weighted by Gasteiger charge is -2.38. The average molecular weight is 270 g/mol. The van der Waals surface area contributed by atoms with Gasteiger partial charge in [-0.15, -0.1) is 6.42 Å². The van der Waals surface area contributed by atoms with E-state index in [1.54, 1.807) is 0 Å². The molecule has 3 rings (SSSR count). The number of hydrogen-bond donors (Lipinski definition) is 0. The van der Waals surface area contributed by atoms with Crippen molar-refractivity contribution in [2.24, 2.45) is 0 Å². The van der Waals surface area contributed by atoms with Crippen LogP contribution in [0.5, 0.6) is 0 Å². The van der Waals surface area contributed by atoms with Crippen LogP contribution in [0.2, 0.25) is 0 Å². The van der Waals surface area contributed by atoms with E-state index in [4.69, 9.17) is 6.42 Å². The molecular formula is C17H19FN2. The van der Waals surface area contributed by atoms with E-state index < -0.39 is 0 Å². The predicted molar refractivity (Wildman–Crippen MR) is 80.1 cm³/mol. The van der Waals surface area contributed by atoms with E-state index in [2.05, 4.69) is 21.8 Å². The fraction of sp³-hybridized carbons (Fsp3) is 0.412. The largest absolute Gasteiger partial charge is 0.369 e. The summed E-state index contributed by atoms with van der Waals surface area (Å²) >= 11 is 0. The van der Waals surface area contributed by atoms with Gasteiger partial charge in [0.15, 0.2) is 0 Å². The molecule has 3 heteroatoms. The maximum Gasteiger partial charge on any atom is 0.123 e. The summed E-state index contributed by atoms with van der Waals surface area (Å²) in [5.41, 5.74) is 2.26. The monoisotopic (exact) mass is 270 g/mol. The summed E-state index contributed by atoms with van der Waals surface area (Å²) in [6, 6.07) is 7.28. The van der Waals surface area contributed by atoms with Crippen LogP contribution in [0.1, 0.15) is 12.8 Å². The number of nitrogens with zero attached hydrogens (tertiary/aromatic N) is 2. The van der Waals surface area contributed by atoms with Crippen molar-refractivity contribution in [3.05, 3.63) is 41.7 Å². The highest BCUT2D eigenvalue weighted by Gasteiger charge is 2.25. The van der Waals surface area contributed by atoms with Crippen molar-refractivity contribution in [3.8, 4) is 12.3 Å². The summed E-state index contributed by atoms with van der Waals surface area (Å²) in [5.74, 6) is 2.59. The van der Waals surface area contributed by atoms with Gasteiger partial charge in [0.1, 0.15) is 5.82 Å². The molecule has 2 aliphatic rings. The van der Waals surface area contributed by atoms with Crippen LogP contribution < -0.4 is 4.90 Å². The standard InChI is InChI=1S/C17H19FN2/c1-2-14-3-6-17(13-14)20-11-9-19(10-12-20)16-7-4-15(18)5-8-16/h1,4-5,7-8,13,17H,3,6,9-12H2. The van der Waals surface area contributed by atoms with Gasteiger partial charge in [-0.2, -0.15) is 0 Å².